The minimum atomic E-state index is -0.494. The number of fused-ring (bicyclic) bond motifs is 1. The number of para-hydroxylation sites is 1. The first-order chi connectivity index (χ1) is 16.8. The van der Waals surface area contributed by atoms with Gasteiger partial charge in [-0.3, -0.25) is 9.69 Å². The maximum absolute atomic E-state index is 12.8. The fraction of sp³-hybridized carbons (Fsp3) is 0.360. The molecule has 3 amide bonds. The molecule has 2 heterocycles. The fourth-order valence-electron chi connectivity index (χ4n) is 4.17. The Labute approximate surface area is 204 Å². The Balaban J connectivity index is 1.38. The molecule has 35 heavy (non-hydrogen) atoms. The topological polar surface area (TPSA) is 100 Å². The van der Waals surface area contributed by atoms with Crippen LogP contribution in [0, 0.1) is 0 Å². The quantitative estimate of drug-likeness (QED) is 0.566. The Morgan fingerprint density at radius 3 is 2.46 bits per heavy atom. The van der Waals surface area contributed by atoms with Crippen LogP contribution in [-0.4, -0.2) is 89.5 Å². The van der Waals surface area contributed by atoms with Gasteiger partial charge < -0.3 is 24.4 Å². The lowest BCUT2D eigenvalue weighted by molar-refractivity contribution is 0.0601. The van der Waals surface area contributed by atoms with Crippen molar-refractivity contribution in [1.82, 2.24) is 24.3 Å². The van der Waals surface area contributed by atoms with E-state index in [4.69, 9.17) is 9.72 Å². The molecule has 0 radical (unpaired) electrons. The Morgan fingerprint density at radius 2 is 1.77 bits per heavy atom. The van der Waals surface area contributed by atoms with Gasteiger partial charge in [0.2, 0.25) is 0 Å². The average Bonchev–Trinajstić information content (AvgIpc) is 3.17. The first-order valence-corrected chi connectivity index (χ1v) is 11.4. The molecule has 184 valence electrons. The van der Waals surface area contributed by atoms with Gasteiger partial charge in [0.1, 0.15) is 5.82 Å². The lowest BCUT2D eigenvalue weighted by Gasteiger charge is -2.34. The summed E-state index contributed by atoms with van der Waals surface area (Å²) in [5.74, 6) is 0.355. The van der Waals surface area contributed by atoms with Crippen LogP contribution in [0.2, 0.25) is 0 Å². The number of imidazole rings is 1. The maximum atomic E-state index is 12.8. The van der Waals surface area contributed by atoms with Gasteiger partial charge in [0.15, 0.2) is 0 Å². The van der Waals surface area contributed by atoms with E-state index < -0.39 is 5.97 Å². The van der Waals surface area contributed by atoms with Crippen molar-refractivity contribution >= 4 is 34.6 Å². The zero-order valence-electron chi connectivity index (χ0n) is 20.4. The molecule has 3 aromatic rings. The summed E-state index contributed by atoms with van der Waals surface area (Å²) in [5, 5.41) is 2.83. The van der Waals surface area contributed by atoms with Gasteiger partial charge in [-0.1, -0.05) is 12.1 Å². The number of rotatable bonds is 5. The van der Waals surface area contributed by atoms with E-state index in [2.05, 4.69) is 10.2 Å². The number of nitrogens with one attached hydrogen (secondary N) is 1. The molecule has 1 fully saturated rings. The van der Waals surface area contributed by atoms with Crippen molar-refractivity contribution in [3.8, 4) is 0 Å². The summed E-state index contributed by atoms with van der Waals surface area (Å²) >= 11 is 0. The van der Waals surface area contributed by atoms with Gasteiger partial charge in [0.25, 0.3) is 5.91 Å². The molecule has 10 heteroatoms. The number of carbonyl (C=O) groups excluding carboxylic acids is 3. The number of methoxy groups -OCH3 is 1. The smallest absolute Gasteiger partial charge is 0.339 e. The number of hydrogen-bond donors (Lipinski definition) is 1. The van der Waals surface area contributed by atoms with Gasteiger partial charge in [0.05, 0.1) is 35.9 Å². The Bertz CT molecular complexity index is 1260. The second-order valence-corrected chi connectivity index (χ2v) is 8.72. The first kappa shape index (κ1) is 24.2. The van der Waals surface area contributed by atoms with E-state index in [1.54, 1.807) is 48.2 Å². The third-order valence-electron chi connectivity index (χ3n) is 6.23. The number of carbonyl (C=O) groups is 3. The van der Waals surface area contributed by atoms with E-state index >= 15 is 0 Å². The molecule has 4 rings (SSSR count). The number of amides is 3. The van der Waals surface area contributed by atoms with Gasteiger partial charge >= 0.3 is 12.0 Å². The summed E-state index contributed by atoms with van der Waals surface area (Å²) < 4.78 is 6.84. The molecule has 0 atom stereocenters. The molecule has 2 aromatic carbocycles. The van der Waals surface area contributed by atoms with Crippen LogP contribution in [0.15, 0.2) is 42.5 Å². The largest absolute Gasteiger partial charge is 0.465 e. The number of benzene rings is 2. The number of nitrogens with zero attached hydrogens (tertiary/aromatic N) is 5. The van der Waals surface area contributed by atoms with Crippen molar-refractivity contribution in [1.29, 1.82) is 0 Å². The maximum Gasteiger partial charge on any atom is 0.339 e. The fourth-order valence-corrected chi connectivity index (χ4v) is 4.17. The third kappa shape index (κ3) is 5.12. The summed E-state index contributed by atoms with van der Waals surface area (Å²) in [6.07, 6.45) is 0. The van der Waals surface area contributed by atoms with Crippen molar-refractivity contribution in [2.75, 3.05) is 52.7 Å². The van der Waals surface area contributed by atoms with Gasteiger partial charge in [0, 0.05) is 52.9 Å². The predicted molar refractivity (Wildman–Crippen MR) is 132 cm³/mol. The second-order valence-electron chi connectivity index (χ2n) is 8.72. The highest BCUT2D eigenvalue weighted by molar-refractivity contribution is 6.01. The standard InChI is InChI=1S/C25H30N6O4/c1-28(2)23(32)17-9-10-21-20(15-17)26-22(29(21)3)16-30-11-13-31(14-12-30)25(34)27-19-8-6-5-7-18(19)24(33)35-4/h5-10,15H,11-14,16H2,1-4H3,(H,27,34). The number of ether oxygens (including phenoxy) is 1. The van der Waals surface area contributed by atoms with Crippen LogP contribution < -0.4 is 5.32 Å². The molecule has 0 spiro atoms. The van der Waals surface area contributed by atoms with Crippen molar-refractivity contribution in [3.63, 3.8) is 0 Å². The Hall–Kier alpha value is -3.92. The van der Waals surface area contributed by atoms with Gasteiger partial charge in [-0.2, -0.15) is 0 Å². The molecule has 1 aliphatic rings. The highest BCUT2D eigenvalue weighted by Crippen LogP contribution is 2.20. The van der Waals surface area contributed by atoms with Crippen molar-refractivity contribution in [2.24, 2.45) is 7.05 Å². The summed E-state index contributed by atoms with van der Waals surface area (Å²) in [6.45, 7) is 3.14. The third-order valence-corrected chi connectivity index (χ3v) is 6.23. The van der Waals surface area contributed by atoms with Crippen molar-refractivity contribution in [3.05, 3.63) is 59.4 Å². The van der Waals surface area contributed by atoms with E-state index in [9.17, 15) is 14.4 Å². The van der Waals surface area contributed by atoms with Crippen molar-refractivity contribution in [2.45, 2.75) is 6.54 Å². The highest BCUT2D eigenvalue weighted by Gasteiger charge is 2.24. The normalized spacial score (nSPS) is 14.1. The van der Waals surface area contributed by atoms with E-state index in [1.165, 1.54) is 7.11 Å². The Kier molecular flexibility index (Phi) is 7.02. The zero-order valence-corrected chi connectivity index (χ0v) is 20.4. The molecule has 1 aromatic heterocycles. The average molecular weight is 479 g/mol. The van der Waals surface area contributed by atoms with Crippen LogP contribution in [0.4, 0.5) is 10.5 Å². The molecule has 0 unspecified atom stereocenters. The predicted octanol–water partition coefficient (Wildman–Crippen LogP) is 2.41. The zero-order chi connectivity index (χ0) is 25.1. The van der Waals surface area contributed by atoms with E-state index in [-0.39, 0.29) is 11.9 Å². The van der Waals surface area contributed by atoms with Gasteiger partial charge in [-0.15, -0.1) is 0 Å². The Morgan fingerprint density at radius 1 is 1.06 bits per heavy atom. The van der Waals surface area contributed by atoms with Gasteiger partial charge in [-0.05, 0) is 30.3 Å². The van der Waals surface area contributed by atoms with Crippen LogP contribution in [0.1, 0.15) is 26.5 Å². The summed E-state index contributed by atoms with van der Waals surface area (Å²) in [6, 6.07) is 12.1. The number of urea groups is 1. The van der Waals surface area contributed by atoms with Crippen LogP contribution >= 0.6 is 0 Å². The molecular weight excluding hydrogens is 448 g/mol. The number of aryl methyl sites for hydroxylation is 1. The minimum absolute atomic E-state index is 0.0530. The molecular formula is C25H30N6O4. The molecule has 10 nitrogen and oxygen atoms in total. The molecule has 0 saturated carbocycles. The molecule has 0 bridgehead atoms. The number of esters is 1. The summed E-state index contributed by atoms with van der Waals surface area (Å²) in [5.41, 5.74) is 3.12. The monoisotopic (exact) mass is 478 g/mol. The summed E-state index contributed by atoms with van der Waals surface area (Å²) in [7, 11) is 6.75. The number of aromatic nitrogens is 2. The number of piperazine rings is 1. The number of anilines is 1. The molecule has 1 saturated heterocycles. The number of hydrogen-bond acceptors (Lipinski definition) is 6. The minimum Gasteiger partial charge on any atom is -0.465 e. The van der Waals surface area contributed by atoms with Gasteiger partial charge in [-0.25, -0.2) is 14.6 Å². The van der Waals surface area contributed by atoms with E-state index in [0.717, 1.165) is 16.9 Å². The lowest BCUT2D eigenvalue weighted by Crippen LogP contribution is -2.49. The van der Waals surface area contributed by atoms with Crippen LogP contribution in [-0.2, 0) is 18.3 Å². The first-order valence-electron chi connectivity index (χ1n) is 11.4. The van der Waals surface area contributed by atoms with E-state index in [1.807, 2.05) is 29.8 Å². The van der Waals surface area contributed by atoms with Crippen molar-refractivity contribution < 1.29 is 19.1 Å². The molecule has 1 N–H and O–H groups in total. The summed E-state index contributed by atoms with van der Waals surface area (Å²) in [4.78, 5) is 47.4. The molecule has 1 aliphatic heterocycles. The second kappa shape index (κ2) is 10.1. The van der Waals surface area contributed by atoms with Crippen LogP contribution in [0.5, 0.6) is 0 Å². The lowest BCUT2D eigenvalue weighted by atomic mass is 10.2. The van der Waals surface area contributed by atoms with Crippen LogP contribution in [0.25, 0.3) is 11.0 Å². The SMILES string of the molecule is COC(=O)c1ccccc1NC(=O)N1CCN(Cc2nc3cc(C(=O)N(C)C)ccc3n2C)CC1. The highest BCUT2D eigenvalue weighted by atomic mass is 16.5. The van der Waals surface area contributed by atoms with E-state index in [0.29, 0.717) is 49.5 Å². The van der Waals surface area contributed by atoms with Crippen LogP contribution in [0.3, 0.4) is 0 Å². The molecule has 0 aliphatic carbocycles.